The Bertz CT molecular complexity index is 1170. The van der Waals surface area contributed by atoms with E-state index in [2.05, 4.69) is 20.3 Å². The molecule has 2 aromatic carbocycles. The van der Waals surface area contributed by atoms with Crippen molar-refractivity contribution in [3.05, 3.63) is 54.0 Å². The van der Waals surface area contributed by atoms with Gasteiger partial charge in [0.05, 0.1) is 21.3 Å². The lowest BCUT2D eigenvalue weighted by atomic mass is 10.2. The molecule has 0 spiro atoms. The van der Waals surface area contributed by atoms with E-state index in [1.807, 2.05) is 0 Å². The maximum absolute atomic E-state index is 13.9. The molecule has 30 heavy (non-hydrogen) atoms. The predicted octanol–water partition coefficient (Wildman–Crippen LogP) is 3.54. The van der Waals surface area contributed by atoms with Crippen LogP contribution in [0.15, 0.2) is 45.3 Å². The van der Waals surface area contributed by atoms with Gasteiger partial charge in [0.15, 0.2) is 23.1 Å². The Morgan fingerprint density at radius 3 is 2.30 bits per heavy atom. The molecule has 2 aromatic heterocycles. The molecule has 9 nitrogen and oxygen atoms in total. The molecule has 0 unspecified atom stereocenters. The first kappa shape index (κ1) is 19.4. The molecule has 0 radical (unpaired) electrons. The summed E-state index contributed by atoms with van der Waals surface area (Å²) in [5.74, 6) is 1.85. The highest BCUT2D eigenvalue weighted by Gasteiger charge is 2.16. The van der Waals surface area contributed by atoms with Crippen molar-refractivity contribution in [1.29, 1.82) is 0 Å². The number of ether oxygens (including phenoxy) is 3. The quantitative estimate of drug-likeness (QED) is 0.450. The van der Waals surface area contributed by atoms with Crippen LogP contribution in [0.3, 0.4) is 0 Å². The number of aromatic nitrogens is 4. The molecule has 0 amide bonds. The molecule has 2 heterocycles. The second-order valence-corrected chi connectivity index (χ2v) is 6.11. The zero-order valence-corrected chi connectivity index (χ0v) is 16.4. The minimum atomic E-state index is -0.516. The standard InChI is InChI=1S/C20H17FN4O5/c1-26-14-6-4-11(8-13(14)21)19-22-17(30-25-19)10-18-23-24-20(29-18)12-5-7-15(27-2)16(9-12)28-3/h4-9H,10H2,1-3H3. The molecule has 4 aromatic rings. The van der Waals surface area contributed by atoms with Gasteiger partial charge in [-0.15, -0.1) is 10.2 Å². The molecular formula is C20H17FN4O5. The van der Waals surface area contributed by atoms with E-state index in [0.717, 1.165) is 0 Å². The summed E-state index contributed by atoms with van der Waals surface area (Å²) in [7, 11) is 4.50. The lowest BCUT2D eigenvalue weighted by Crippen LogP contribution is -1.91. The maximum atomic E-state index is 13.9. The summed E-state index contributed by atoms with van der Waals surface area (Å²) in [6.45, 7) is 0. The van der Waals surface area contributed by atoms with E-state index in [-0.39, 0.29) is 29.8 Å². The third-order valence-corrected chi connectivity index (χ3v) is 4.28. The molecule has 0 aliphatic rings. The molecule has 0 saturated carbocycles. The van der Waals surface area contributed by atoms with Gasteiger partial charge < -0.3 is 23.2 Å². The van der Waals surface area contributed by atoms with Crippen LogP contribution in [0.25, 0.3) is 22.8 Å². The largest absolute Gasteiger partial charge is 0.494 e. The fourth-order valence-corrected chi connectivity index (χ4v) is 2.79. The second-order valence-electron chi connectivity index (χ2n) is 6.11. The summed E-state index contributed by atoms with van der Waals surface area (Å²) < 4.78 is 40.2. The van der Waals surface area contributed by atoms with Crippen LogP contribution in [-0.2, 0) is 6.42 Å². The number of halogens is 1. The van der Waals surface area contributed by atoms with Gasteiger partial charge in [-0.3, -0.25) is 0 Å². The van der Waals surface area contributed by atoms with Crippen molar-refractivity contribution in [1.82, 2.24) is 20.3 Å². The van der Waals surface area contributed by atoms with Crippen LogP contribution < -0.4 is 14.2 Å². The van der Waals surface area contributed by atoms with Gasteiger partial charge in [-0.05, 0) is 36.4 Å². The number of nitrogens with zero attached hydrogens (tertiary/aromatic N) is 4. The molecule has 0 fully saturated rings. The molecule has 0 N–H and O–H groups in total. The molecule has 0 aliphatic carbocycles. The van der Waals surface area contributed by atoms with Gasteiger partial charge in [-0.1, -0.05) is 5.16 Å². The minimum absolute atomic E-state index is 0.131. The monoisotopic (exact) mass is 412 g/mol. The fourth-order valence-electron chi connectivity index (χ4n) is 2.79. The molecule has 0 saturated heterocycles. The lowest BCUT2D eigenvalue weighted by Gasteiger charge is -2.07. The van der Waals surface area contributed by atoms with E-state index >= 15 is 0 Å². The number of benzene rings is 2. The Morgan fingerprint density at radius 2 is 1.57 bits per heavy atom. The van der Waals surface area contributed by atoms with E-state index in [1.165, 1.54) is 19.2 Å². The molecule has 0 bridgehead atoms. The van der Waals surface area contributed by atoms with Crippen LogP contribution in [0, 0.1) is 5.82 Å². The zero-order valence-electron chi connectivity index (χ0n) is 16.4. The molecule has 10 heteroatoms. The summed E-state index contributed by atoms with van der Waals surface area (Å²) in [4.78, 5) is 4.25. The molecule has 0 atom stereocenters. The molecule has 0 aliphatic heterocycles. The Labute approximate surface area is 170 Å². The number of methoxy groups -OCH3 is 3. The van der Waals surface area contributed by atoms with Crippen molar-refractivity contribution in [3.63, 3.8) is 0 Å². The van der Waals surface area contributed by atoms with Crippen LogP contribution in [-0.4, -0.2) is 41.7 Å². The van der Waals surface area contributed by atoms with Crippen LogP contribution in [0.2, 0.25) is 0 Å². The number of hydrogen-bond donors (Lipinski definition) is 0. The van der Waals surface area contributed by atoms with Gasteiger partial charge in [-0.25, -0.2) is 4.39 Å². The SMILES string of the molecule is COc1ccc(-c2noc(Cc3nnc(-c4ccc(OC)c(OC)c4)o3)n2)cc1F. The van der Waals surface area contributed by atoms with E-state index < -0.39 is 5.82 Å². The smallest absolute Gasteiger partial charge is 0.247 e. The summed E-state index contributed by atoms with van der Waals surface area (Å²) in [5, 5.41) is 11.9. The van der Waals surface area contributed by atoms with Gasteiger partial charge in [0.1, 0.15) is 6.42 Å². The number of hydrogen-bond acceptors (Lipinski definition) is 9. The first-order valence-corrected chi connectivity index (χ1v) is 8.82. The van der Waals surface area contributed by atoms with E-state index in [4.69, 9.17) is 23.2 Å². The lowest BCUT2D eigenvalue weighted by molar-refractivity contribution is 0.355. The highest BCUT2D eigenvalue weighted by atomic mass is 19.1. The fraction of sp³-hybridized carbons (Fsp3) is 0.200. The Kier molecular flexibility index (Phi) is 5.29. The van der Waals surface area contributed by atoms with Crippen molar-refractivity contribution in [2.75, 3.05) is 21.3 Å². The molecule has 154 valence electrons. The third-order valence-electron chi connectivity index (χ3n) is 4.28. The molecule has 4 rings (SSSR count). The Balaban J connectivity index is 1.52. The van der Waals surface area contributed by atoms with E-state index in [0.29, 0.717) is 28.5 Å². The van der Waals surface area contributed by atoms with Crippen LogP contribution in [0.5, 0.6) is 17.2 Å². The van der Waals surface area contributed by atoms with Gasteiger partial charge >= 0.3 is 0 Å². The third kappa shape index (κ3) is 3.79. The minimum Gasteiger partial charge on any atom is -0.494 e. The first-order chi connectivity index (χ1) is 14.6. The highest BCUT2D eigenvalue weighted by Crippen LogP contribution is 2.32. The second kappa shape index (κ2) is 8.19. The summed E-state index contributed by atoms with van der Waals surface area (Å²) in [6.07, 6.45) is 0.131. The zero-order chi connectivity index (χ0) is 21.1. The highest BCUT2D eigenvalue weighted by molar-refractivity contribution is 5.59. The average molecular weight is 412 g/mol. The van der Waals surface area contributed by atoms with Gasteiger partial charge in [0, 0.05) is 11.1 Å². The topological polar surface area (TPSA) is 106 Å². The summed E-state index contributed by atoms with van der Waals surface area (Å²) in [6, 6.07) is 9.67. The van der Waals surface area contributed by atoms with Gasteiger partial charge in [-0.2, -0.15) is 4.98 Å². The van der Waals surface area contributed by atoms with Gasteiger partial charge in [0.25, 0.3) is 0 Å². The van der Waals surface area contributed by atoms with Gasteiger partial charge in [0.2, 0.25) is 23.5 Å². The van der Waals surface area contributed by atoms with Crippen molar-refractivity contribution in [2.45, 2.75) is 6.42 Å². The first-order valence-electron chi connectivity index (χ1n) is 8.82. The van der Waals surface area contributed by atoms with E-state index in [1.54, 1.807) is 38.5 Å². The predicted molar refractivity (Wildman–Crippen MR) is 102 cm³/mol. The van der Waals surface area contributed by atoms with Crippen LogP contribution in [0.4, 0.5) is 4.39 Å². The summed E-state index contributed by atoms with van der Waals surface area (Å²) in [5.41, 5.74) is 1.13. The van der Waals surface area contributed by atoms with Crippen LogP contribution in [0.1, 0.15) is 11.8 Å². The average Bonchev–Trinajstić information content (AvgIpc) is 3.43. The van der Waals surface area contributed by atoms with Crippen molar-refractivity contribution < 1.29 is 27.5 Å². The Morgan fingerprint density at radius 1 is 0.833 bits per heavy atom. The maximum Gasteiger partial charge on any atom is 0.247 e. The van der Waals surface area contributed by atoms with Crippen molar-refractivity contribution in [3.8, 4) is 40.1 Å². The molecular weight excluding hydrogens is 395 g/mol. The van der Waals surface area contributed by atoms with Crippen molar-refractivity contribution >= 4 is 0 Å². The normalized spacial score (nSPS) is 10.8. The van der Waals surface area contributed by atoms with E-state index in [9.17, 15) is 4.39 Å². The Hall–Kier alpha value is -3.95. The summed E-state index contributed by atoms with van der Waals surface area (Å²) >= 11 is 0. The number of rotatable bonds is 7. The van der Waals surface area contributed by atoms with Crippen LogP contribution >= 0.6 is 0 Å². The van der Waals surface area contributed by atoms with Crippen molar-refractivity contribution in [2.24, 2.45) is 0 Å².